The molecule has 0 bridgehead atoms. The Hall–Kier alpha value is -1.29. The molecule has 0 saturated carbocycles. The third-order valence-electron chi connectivity index (χ3n) is 3.75. The van der Waals surface area contributed by atoms with Crippen LogP contribution in [0, 0.1) is 5.92 Å². The second kappa shape index (κ2) is 5.57. The van der Waals surface area contributed by atoms with Crippen molar-refractivity contribution in [3.05, 3.63) is 24.2 Å². The predicted octanol–water partition coefficient (Wildman–Crippen LogP) is 2.08. The molecule has 0 aromatic carbocycles. The molecule has 2 atom stereocenters. The molecule has 1 fully saturated rings. The lowest BCUT2D eigenvalue weighted by molar-refractivity contribution is 0.0749. The van der Waals surface area contributed by atoms with Gasteiger partial charge < -0.3 is 14.2 Å². The first-order valence-corrected chi connectivity index (χ1v) is 6.62. The first kappa shape index (κ1) is 13.1. The van der Waals surface area contributed by atoms with E-state index in [0.717, 1.165) is 19.5 Å². The Kier molecular flexibility index (Phi) is 4.07. The van der Waals surface area contributed by atoms with Crippen LogP contribution in [0.4, 0.5) is 0 Å². The summed E-state index contributed by atoms with van der Waals surface area (Å²) in [7, 11) is 4.18. The number of hydrogen-bond acceptors (Lipinski definition) is 3. The average Bonchev–Trinajstić information content (AvgIpc) is 2.97. The minimum Gasteiger partial charge on any atom is -0.459 e. The van der Waals surface area contributed by atoms with Gasteiger partial charge >= 0.3 is 0 Å². The summed E-state index contributed by atoms with van der Waals surface area (Å²) < 4.78 is 5.19. The van der Waals surface area contributed by atoms with E-state index < -0.39 is 0 Å². The van der Waals surface area contributed by atoms with Crippen LogP contribution in [0.25, 0.3) is 0 Å². The Morgan fingerprint density at radius 3 is 2.83 bits per heavy atom. The molecule has 1 aliphatic rings. The highest BCUT2D eigenvalue weighted by atomic mass is 16.3. The molecule has 1 saturated heterocycles. The van der Waals surface area contributed by atoms with E-state index in [9.17, 15) is 4.79 Å². The zero-order chi connectivity index (χ0) is 13.1. The van der Waals surface area contributed by atoms with Gasteiger partial charge in [-0.05, 0) is 38.6 Å². The molecular weight excluding hydrogens is 228 g/mol. The van der Waals surface area contributed by atoms with Crippen molar-refractivity contribution < 1.29 is 9.21 Å². The Balaban J connectivity index is 2.06. The van der Waals surface area contributed by atoms with Crippen molar-refractivity contribution in [1.82, 2.24) is 9.80 Å². The van der Waals surface area contributed by atoms with Crippen molar-refractivity contribution in [3.63, 3.8) is 0 Å². The van der Waals surface area contributed by atoms with Crippen molar-refractivity contribution in [1.29, 1.82) is 0 Å². The van der Waals surface area contributed by atoms with Gasteiger partial charge in [0.15, 0.2) is 5.76 Å². The lowest BCUT2D eigenvalue weighted by Crippen LogP contribution is -2.36. The molecule has 2 rings (SSSR count). The molecule has 0 spiro atoms. The number of amides is 1. The summed E-state index contributed by atoms with van der Waals surface area (Å²) in [5, 5.41) is 0. The van der Waals surface area contributed by atoms with Crippen LogP contribution in [0.3, 0.4) is 0 Å². The molecule has 1 aromatic rings. The number of likely N-dealkylation sites (N-methyl/N-ethyl adjacent to an activating group) is 1. The van der Waals surface area contributed by atoms with Crippen molar-refractivity contribution in [2.75, 3.05) is 27.2 Å². The number of likely N-dealkylation sites (tertiary alicyclic amines) is 1. The molecule has 1 aliphatic heterocycles. The smallest absolute Gasteiger partial charge is 0.289 e. The Morgan fingerprint density at radius 2 is 2.28 bits per heavy atom. The van der Waals surface area contributed by atoms with Gasteiger partial charge in [0.2, 0.25) is 0 Å². The monoisotopic (exact) mass is 250 g/mol. The van der Waals surface area contributed by atoms with Gasteiger partial charge in [-0.1, -0.05) is 13.3 Å². The average molecular weight is 250 g/mol. The molecule has 1 aromatic heterocycles. The van der Waals surface area contributed by atoms with E-state index in [-0.39, 0.29) is 5.91 Å². The van der Waals surface area contributed by atoms with Crippen LogP contribution in [0.2, 0.25) is 0 Å². The first-order valence-electron chi connectivity index (χ1n) is 6.62. The number of carbonyl (C=O) groups is 1. The Morgan fingerprint density at radius 1 is 1.50 bits per heavy atom. The number of rotatable bonds is 4. The first-order chi connectivity index (χ1) is 8.63. The minimum atomic E-state index is 0.0189. The minimum absolute atomic E-state index is 0.0189. The van der Waals surface area contributed by atoms with Crippen LogP contribution in [-0.2, 0) is 0 Å². The second-order valence-corrected chi connectivity index (χ2v) is 5.27. The van der Waals surface area contributed by atoms with Crippen LogP contribution >= 0.6 is 0 Å². The number of nitrogens with zero attached hydrogens (tertiary/aromatic N) is 2. The van der Waals surface area contributed by atoms with Gasteiger partial charge in [-0.3, -0.25) is 4.79 Å². The summed E-state index contributed by atoms with van der Waals surface area (Å²) >= 11 is 0. The van der Waals surface area contributed by atoms with E-state index in [1.807, 2.05) is 4.90 Å². The van der Waals surface area contributed by atoms with Crippen molar-refractivity contribution in [3.8, 4) is 0 Å². The van der Waals surface area contributed by atoms with Gasteiger partial charge in [-0.2, -0.15) is 0 Å². The summed E-state index contributed by atoms with van der Waals surface area (Å²) in [5.74, 6) is 1.04. The predicted molar refractivity (Wildman–Crippen MR) is 70.5 cm³/mol. The fraction of sp³-hybridized carbons (Fsp3) is 0.643. The summed E-state index contributed by atoms with van der Waals surface area (Å²) in [6, 6.07) is 3.96. The molecule has 4 heteroatoms. The summed E-state index contributed by atoms with van der Waals surface area (Å²) in [4.78, 5) is 16.4. The molecule has 2 unspecified atom stereocenters. The Labute approximate surface area is 109 Å². The molecule has 18 heavy (non-hydrogen) atoms. The fourth-order valence-electron chi connectivity index (χ4n) is 2.82. The summed E-state index contributed by atoms with van der Waals surface area (Å²) in [6.45, 7) is 3.84. The molecule has 0 N–H and O–H groups in total. The highest BCUT2D eigenvalue weighted by Gasteiger charge is 2.36. The van der Waals surface area contributed by atoms with Gasteiger partial charge in [0.25, 0.3) is 5.91 Å². The number of furan rings is 1. The van der Waals surface area contributed by atoms with E-state index in [4.69, 9.17) is 4.42 Å². The van der Waals surface area contributed by atoms with E-state index in [0.29, 0.717) is 17.7 Å². The summed E-state index contributed by atoms with van der Waals surface area (Å²) in [6.07, 6.45) is 3.89. The SMILES string of the molecule is CCCC1CN(C(=O)c2ccco2)CC1N(C)C. The zero-order valence-electron chi connectivity index (χ0n) is 11.4. The maximum Gasteiger partial charge on any atom is 0.289 e. The molecule has 0 aliphatic carbocycles. The molecule has 4 nitrogen and oxygen atoms in total. The third-order valence-corrected chi connectivity index (χ3v) is 3.75. The number of hydrogen-bond donors (Lipinski definition) is 0. The van der Waals surface area contributed by atoms with Crippen LogP contribution < -0.4 is 0 Å². The molecule has 0 radical (unpaired) electrons. The highest BCUT2D eigenvalue weighted by Crippen LogP contribution is 2.26. The zero-order valence-corrected chi connectivity index (χ0v) is 11.4. The maximum absolute atomic E-state index is 12.2. The molecule has 1 amide bonds. The van der Waals surface area contributed by atoms with E-state index in [1.165, 1.54) is 6.42 Å². The van der Waals surface area contributed by atoms with Crippen molar-refractivity contribution >= 4 is 5.91 Å². The van der Waals surface area contributed by atoms with Crippen LogP contribution in [0.1, 0.15) is 30.3 Å². The molecule has 100 valence electrons. The molecular formula is C14H22N2O2. The highest BCUT2D eigenvalue weighted by molar-refractivity contribution is 5.91. The van der Waals surface area contributed by atoms with Crippen molar-refractivity contribution in [2.24, 2.45) is 5.92 Å². The largest absolute Gasteiger partial charge is 0.459 e. The van der Waals surface area contributed by atoms with Gasteiger partial charge in [0.1, 0.15) is 0 Å². The Bertz CT molecular complexity index is 387. The lowest BCUT2D eigenvalue weighted by Gasteiger charge is -2.24. The van der Waals surface area contributed by atoms with Gasteiger partial charge in [0, 0.05) is 19.1 Å². The quantitative estimate of drug-likeness (QED) is 0.821. The third kappa shape index (κ3) is 2.58. The van der Waals surface area contributed by atoms with Crippen molar-refractivity contribution in [2.45, 2.75) is 25.8 Å². The standard InChI is InChI=1S/C14H22N2O2/c1-4-6-11-9-16(10-12(11)15(2)3)14(17)13-7-5-8-18-13/h5,7-8,11-12H,4,6,9-10H2,1-3H3. The normalized spacial score (nSPS) is 23.9. The van der Waals surface area contributed by atoms with E-state index in [1.54, 1.807) is 18.4 Å². The van der Waals surface area contributed by atoms with Crippen LogP contribution in [-0.4, -0.2) is 48.9 Å². The second-order valence-electron chi connectivity index (χ2n) is 5.27. The number of carbonyl (C=O) groups excluding carboxylic acids is 1. The summed E-state index contributed by atoms with van der Waals surface area (Å²) in [5.41, 5.74) is 0. The maximum atomic E-state index is 12.2. The van der Waals surface area contributed by atoms with Gasteiger partial charge in [-0.25, -0.2) is 0 Å². The van der Waals surface area contributed by atoms with Crippen LogP contribution in [0.15, 0.2) is 22.8 Å². The van der Waals surface area contributed by atoms with Crippen LogP contribution in [0.5, 0.6) is 0 Å². The van der Waals surface area contributed by atoms with E-state index in [2.05, 4.69) is 25.9 Å². The lowest BCUT2D eigenvalue weighted by atomic mass is 9.98. The molecule has 2 heterocycles. The topological polar surface area (TPSA) is 36.7 Å². The fourth-order valence-corrected chi connectivity index (χ4v) is 2.82. The van der Waals surface area contributed by atoms with E-state index >= 15 is 0 Å². The van der Waals surface area contributed by atoms with Gasteiger partial charge in [-0.15, -0.1) is 0 Å². The van der Waals surface area contributed by atoms with Gasteiger partial charge in [0.05, 0.1) is 6.26 Å².